The Kier molecular flexibility index (Phi) is 6.63. The van der Waals surface area contributed by atoms with Crippen molar-refractivity contribution in [2.45, 2.75) is 6.42 Å². The average Bonchev–Trinajstić information content (AvgIpc) is 3.35. The van der Waals surface area contributed by atoms with Gasteiger partial charge in [0, 0.05) is 74.6 Å². The number of methoxy groups -OCH3 is 2. The number of aromatic nitrogens is 4. The van der Waals surface area contributed by atoms with Gasteiger partial charge in [0.1, 0.15) is 11.5 Å². The van der Waals surface area contributed by atoms with E-state index < -0.39 is 0 Å². The number of rotatable bonds is 8. The van der Waals surface area contributed by atoms with Crippen LogP contribution in [0, 0.1) is 0 Å². The molecule has 4 aromatic rings. The molecule has 0 spiro atoms. The molecule has 2 aromatic heterocycles. The molecule has 2 aromatic carbocycles. The molecule has 0 amide bonds. The van der Waals surface area contributed by atoms with Gasteiger partial charge in [-0.05, 0) is 24.6 Å². The monoisotopic (exact) mass is 470 g/mol. The van der Waals surface area contributed by atoms with Gasteiger partial charge in [0.25, 0.3) is 0 Å². The predicted molar refractivity (Wildman–Crippen MR) is 138 cm³/mol. The van der Waals surface area contributed by atoms with Gasteiger partial charge in [-0.25, -0.2) is 4.98 Å². The van der Waals surface area contributed by atoms with Crippen LogP contribution in [-0.2, 0) is 7.05 Å². The molecule has 0 aliphatic carbocycles. The molecule has 0 bridgehead atoms. The predicted octanol–water partition coefficient (Wildman–Crippen LogP) is 4.45. The smallest absolute Gasteiger partial charge is 0.124 e. The summed E-state index contributed by atoms with van der Waals surface area (Å²) >= 11 is 0. The molecular weight excluding hydrogens is 440 g/mol. The standard InChI is InChI=1S/C27H30N6O2/c1-31-19-20(17-29-31)27-18-28-25-8-7-21(15-26(25)30-27)33(12-11-32-9-5-4-6-10-32)22-13-23(34-2)16-24(14-22)35-3/h4-5,7-8,13-19H,6,9-12H2,1-3H3. The van der Waals surface area contributed by atoms with Crippen molar-refractivity contribution in [3.63, 3.8) is 0 Å². The molecule has 0 N–H and O–H groups in total. The molecule has 0 saturated heterocycles. The fraction of sp³-hybridized carbons (Fsp3) is 0.296. The molecule has 0 fully saturated rings. The number of hydrogen-bond acceptors (Lipinski definition) is 7. The summed E-state index contributed by atoms with van der Waals surface area (Å²) in [6.45, 7) is 3.80. The van der Waals surface area contributed by atoms with Gasteiger partial charge in [0.2, 0.25) is 0 Å². The quantitative estimate of drug-likeness (QED) is 0.353. The van der Waals surface area contributed by atoms with E-state index >= 15 is 0 Å². The van der Waals surface area contributed by atoms with E-state index in [1.165, 1.54) is 0 Å². The van der Waals surface area contributed by atoms with Crippen molar-refractivity contribution in [1.29, 1.82) is 0 Å². The second-order valence-corrected chi connectivity index (χ2v) is 8.61. The van der Waals surface area contributed by atoms with Gasteiger partial charge in [-0.2, -0.15) is 5.10 Å². The largest absolute Gasteiger partial charge is 0.497 e. The summed E-state index contributed by atoms with van der Waals surface area (Å²) in [7, 11) is 5.25. The van der Waals surface area contributed by atoms with Crippen molar-refractivity contribution in [2.24, 2.45) is 7.05 Å². The molecule has 1 aliphatic rings. The van der Waals surface area contributed by atoms with Crippen LogP contribution < -0.4 is 14.4 Å². The third-order valence-electron chi connectivity index (χ3n) is 6.27. The van der Waals surface area contributed by atoms with Crippen LogP contribution in [0.1, 0.15) is 6.42 Å². The molecule has 0 saturated carbocycles. The van der Waals surface area contributed by atoms with Crippen molar-refractivity contribution in [3.05, 3.63) is 67.1 Å². The summed E-state index contributed by atoms with van der Waals surface area (Å²) in [5, 5.41) is 4.27. The maximum Gasteiger partial charge on any atom is 0.124 e. The minimum absolute atomic E-state index is 0.754. The maximum atomic E-state index is 5.56. The topological polar surface area (TPSA) is 68.5 Å². The molecule has 3 heterocycles. The van der Waals surface area contributed by atoms with E-state index in [1.807, 2.05) is 43.7 Å². The molecule has 0 radical (unpaired) electrons. The van der Waals surface area contributed by atoms with Gasteiger partial charge in [0.15, 0.2) is 0 Å². The first-order valence-electron chi connectivity index (χ1n) is 11.8. The molecule has 180 valence electrons. The summed E-state index contributed by atoms with van der Waals surface area (Å²) in [6.07, 6.45) is 11.1. The summed E-state index contributed by atoms with van der Waals surface area (Å²) in [5.41, 5.74) is 5.48. The first-order valence-corrected chi connectivity index (χ1v) is 11.8. The number of anilines is 2. The van der Waals surface area contributed by atoms with Gasteiger partial charge in [-0.1, -0.05) is 12.2 Å². The Hall–Kier alpha value is -3.91. The summed E-state index contributed by atoms with van der Waals surface area (Å²) in [4.78, 5) is 14.3. The van der Waals surface area contributed by atoms with Crippen LogP contribution in [0.2, 0.25) is 0 Å². The lowest BCUT2D eigenvalue weighted by molar-refractivity contribution is 0.306. The zero-order valence-electron chi connectivity index (χ0n) is 20.4. The minimum Gasteiger partial charge on any atom is -0.497 e. The van der Waals surface area contributed by atoms with E-state index in [1.54, 1.807) is 25.1 Å². The minimum atomic E-state index is 0.754. The van der Waals surface area contributed by atoms with Crippen LogP contribution in [-0.4, -0.2) is 65.0 Å². The van der Waals surface area contributed by atoms with Crippen molar-refractivity contribution < 1.29 is 9.47 Å². The normalized spacial score (nSPS) is 13.8. The zero-order chi connectivity index (χ0) is 24.2. The molecule has 5 rings (SSSR count). The van der Waals surface area contributed by atoms with Gasteiger partial charge >= 0.3 is 0 Å². The fourth-order valence-electron chi connectivity index (χ4n) is 4.35. The Labute approximate surface area is 205 Å². The van der Waals surface area contributed by atoms with E-state index in [0.717, 1.165) is 77.8 Å². The highest BCUT2D eigenvalue weighted by molar-refractivity contribution is 5.82. The number of ether oxygens (including phenoxy) is 2. The Bertz CT molecular complexity index is 1330. The molecule has 0 unspecified atom stereocenters. The van der Waals surface area contributed by atoms with Crippen LogP contribution in [0.15, 0.2) is 67.1 Å². The van der Waals surface area contributed by atoms with Crippen LogP contribution in [0.5, 0.6) is 11.5 Å². The second-order valence-electron chi connectivity index (χ2n) is 8.61. The van der Waals surface area contributed by atoms with Crippen molar-refractivity contribution >= 4 is 22.4 Å². The van der Waals surface area contributed by atoms with E-state index in [9.17, 15) is 0 Å². The first kappa shape index (κ1) is 22.9. The third-order valence-corrected chi connectivity index (χ3v) is 6.27. The number of fused-ring (bicyclic) bond motifs is 1. The lowest BCUT2D eigenvalue weighted by Gasteiger charge is -2.30. The van der Waals surface area contributed by atoms with Crippen LogP contribution in [0.25, 0.3) is 22.3 Å². The van der Waals surface area contributed by atoms with Crippen molar-refractivity contribution in [3.8, 4) is 22.8 Å². The lowest BCUT2D eigenvalue weighted by atomic mass is 10.2. The summed E-state index contributed by atoms with van der Waals surface area (Å²) in [5.74, 6) is 1.51. The Morgan fingerprint density at radius 3 is 2.46 bits per heavy atom. The fourth-order valence-corrected chi connectivity index (χ4v) is 4.35. The van der Waals surface area contributed by atoms with Gasteiger partial charge in [-0.15, -0.1) is 0 Å². The zero-order valence-corrected chi connectivity index (χ0v) is 20.4. The van der Waals surface area contributed by atoms with E-state index in [2.05, 4.69) is 44.2 Å². The molecular formula is C27H30N6O2. The number of nitrogens with zero attached hydrogens (tertiary/aromatic N) is 6. The van der Waals surface area contributed by atoms with Gasteiger partial charge < -0.3 is 14.4 Å². The van der Waals surface area contributed by atoms with Gasteiger partial charge in [0.05, 0.1) is 43.3 Å². The average molecular weight is 471 g/mol. The molecule has 1 aliphatic heterocycles. The molecule has 8 heteroatoms. The highest BCUT2D eigenvalue weighted by Crippen LogP contribution is 2.34. The highest BCUT2D eigenvalue weighted by Gasteiger charge is 2.16. The first-order chi connectivity index (χ1) is 17.1. The van der Waals surface area contributed by atoms with Crippen LogP contribution in [0.4, 0.5) is 11.4 Å². The molecule has 0 atom stereocenters. The number of benzene rings is 2. The van der Waals surface area contributed by atoms with Crippen molar-refractivity contribution in [2.75, 3.05) is 45.3 Å². The Morgan fingerprint density at radius 2 is 1.77 bits per heavy atom. The second kappa shape index (κ2) is 10.1. The molecule has 8 nitrogen and oxygen atoms in total. The van der Waals surface area contributed by atoms with E-state index in [4.69, 9.17) is 14.5 Å². The lowest BCUT2D eigenvalue weighted by Crippen LogP contribution is -2.35. The van der Waals surface area contributed by atoms with Crippen molar-refractivity contribution in [1.82, 2.24) is 24.6 Å². The van der Waals surface area contributed by atoms with Crippen LogP contribution >= 0.6 is 0 Å². The van der Waals surface area contributed by atoms with E-state index in [0.29, 0.717) is 0 Å². The van der Waals surface area contributed by atoms with Gasteiger partial charge in [-0.3, -0.25) is 14.6 Å². The maximum absolute atomic E-state index is 5.56. The number of hydrogen-bond donors (Lipinski definition) is 0. The highest BCUT2D eigenvalue weighted by atomic mass is 16.5. The van der Waals surface area contributed by atoms with E-state index in [-0.39, 0.29) is 0 Å². The number of aryl methyl sites for hydroxylation is 1. The summed E-state index contributed by atoms with van der Waals surface area (Å²) in [6, 6.07) is 12.2. The Morgan fingerprint density at radius 1 is 0.943 bits per heavy atom. The molecule has 35 heavy (non-hydrogen) atoms. The SMILES string of the molecule is COc1cc(OC)cc(N(CCN2CC=CCC2)c2ccc3ncc(-c4cnn(C)c4)nc3c2)c1. The third kappa shape index (κ3) is 5.12. The summed E-state index contributed by atoms with van der Waals surface area (Å²) < 4.78 is 12.9. The Balaban J connectivity index is 1.53. The van der Waals surface area contributed by atoms with Crippen LogP contribution in [0.3, 0.4) is 0 Å².